The second-order valence-electron chi connectivity index (χ2n) is 7.64. The first kappa shape index (κ1) is 25.1. The van der Waals surface area contributed by atoms with Crippen molar-refractivity contribution in [1.82, 2.24) is 4.90 Å². The molecule has 3 aromatic carbocycles. The monoisotopic (exact) mass is 525 g/mol. The molecule has 1 aliphatic rings. The van der Waals surface area contributed by atoms with Crippen LogP contribution in [0.3, 0.4) is 0 Å². The van der Waals surface area contributed by atoms with Crippen molar-refractivity contribution in [2.45, 2.75) is 13.0 Å². The number of methoxy groups -OCH3 is 1. The van der Waals surface area contributed by atoms with E-state index in [0.717, 1.165) is 11.1 Å². The largest absolute Gasteiger partial charge is 0.493 e. The second kappa shape index (κ2) is 12.1. The number of benzene rings is 3. The molecular weight excluding hydrogens is 502 g/mol. The van der Waals surface area contributed by atoms with Crippen LogP contribution in [0.1, 0.15) is 17.5 Å². The SMILES string of the molecule is COc1cc(/C=C2/SC(=S)N(Cc3ccccc3)C2=O)ccc1OCCCOc1ccccc1Cl. The van der Waals surface area contributed by atoms with Gasteiger partial charge in [0.05, 0.1) is 36.8 Å². The van der Waals surface area contributed by atoms with Crippen molar-refractivity contribution in [1.29, 1.82) is 0 Å². The number of hydrogen-bond donors (Lipinski definition) is 0. The number of nitrogens with zero attached hydrogens (tertiary/aromatic N) is 1. The lowest BCUT2D eigenvalue weighted by atomic mass is 10.1. The molecule has 0 spiro atoms. The predicted octanol–water partition coefficient (Wildman–Crippen LogP) is 6.60. The van der Waals surface area contributed by atoms with Crippen molar-refractivity contribution in [3.8, 4) is 17.2 Å². The quantitative estimate of drug-likeness (QED) is 0.169. The van der Waals surface area contributed by atoms with Crippen LogP contribution in [0.25, 0.3) is 6.08 Å². The summed E-state index contributed by atoms with van der Waals surface area (Å²) >= 11 is 12.9. The van der Waals surface area contributed by atoms with Crippen LogP contribution in [-0.4, -0.2) is 35.5 Å². The Morgan fingerprint density at radius 2 is 1.66 bits per heavy atom. The van der Waals surface area contributed by atoms with Crippen molar-refractivity contribution in [2.75, 3.05) is 20.3 Å². The summed E-state index contributed by atoms with van der Waals surface area (Å²) in [6, 6.07) is 22.8. The van der Waals surface area contributed by atoms with Crippen molar-refractivity contribution >= 4 is 51.9 Å². The molecule has 35 heavy (non-hydrogen) atoms. The fourth-order valence-electron chi connectivity index (χ4n) is 3.43. The first-order chi connectivity index (χ1) is 17.0. The second-order valence-corrected chi connectivity index (χ2v) is 9.73. The van der Waals surface area contributed by atoms with Gasteiger partial charge < -0.3 is 14.2 Å². The fourth-order valence-corrected chi connectivity index (χ4v) is 4.88. The molecule has 1 saturated heterocycles. The summed E-state index contributed by atoms with van der Waals surface area (Å²) < 4.78 is 17.6. The van der Waals surface area contributed by atoms with Crippen LogP contribution in [0.15, 0.2) is 77.7 Å². The molecule has 0 saturated carbocycles. The standard InChI is InChI=1S/C27H24ClNO4S2/c1-31-24-16-20(12-13-23(24)33-15-7-14-32-22-11-6-5-10-21(22)28)17-25-26(30)29(27(34)35-25)18-19-8-3-2-4-9-19/h2-6,8-13,16-17H,7,14-15,18H2,1H3/b25-17+. The molecule has 0 atom stereocenters. The van der Waals surface area contributed by atoms with Gasteiger partial charge in [0.2, 0.25) is 0 Å². The van der Waals surface area contributed by atoms with Gasteiger partial charge in [0.1, 0.15) is 10.1 Å². The minimum Gasteiger partial charge on any atom is -0.493 e. The zero-order valence-corrected chi connectivity index (χ0v) is 21.5. The summed E-state index contributed by atoms with van der Waals surface area (Å²) in [5, 5.41) is 0.586. The maximum absolute atomic E-state index is 12.9. The van der Waals surface area contributed by atoms with Crippen LogP contribution in [0.2, 0.25) is 5.02 Å². The van der Waals surface area contributed by atoms with E-state index in [1.807, 2.05) is 72.8 Å². The number of carbonyl (C=O) groups excluding carboxylic acids is 1. The molecule has 8 heteroatoms. The highest BCUT2D eigenvalue weighted by Crippen LogP contribution is 2.35. The lowest BCUT2D eigenvalue weighted by Crippen LogP contribution is -2.27. The molecule has 180 valence electrons. The number of rotatable bonds is 10. The van der Waals surface area contributed by atoms with Gasteiger partial charge in [0, 0.05) is 6.42 Å². The summed E-state index contributed by atoms with van der Waals surface area (Å²) in [6.45, 7) is 1.40. The summed E-state index contributed by atoms with van der Waals surface area (Å²) in [5.41, 5.74) is 1.86. The highest BCUT2D eigenvalue weighted by atomic mass is 35.5. The van der Waals surface area contributed by atoms with Crippen molar-refractivity contribution in [3.63, 3.8) is 0 Å². The summed E-state index contributed by atoms with van der Waals surface area (Å²) in [4.78, 5) is 15.2. The Hall–Kier alpha value is -3.00. The van der Waals surface area contributed by atoms with Gasteiger partial charge in [-0.15, -0.1) is 0 Å². The van der Waals surface area contributed by atoms with E-state index in [9.17, 15) is 4.79 Å². The Kier molecular flexibility index (Phi) is 8.69. The van der Waals surface area contributed by atoms with Gasteiger partial charge in [-0.2, -0.15) is 0 Å². The molecule has 0 aromatic heterocycles. The minimum absolute atomic E-state index is 0.0957. The molecule has 3 aromatic rings. The van der Waals surface area contributed by atoms with Crippen LogP contribution in [0.5, 0.6) is 17.2 Å². The molecule has 0 unspecified atom stereocenters. The number of thioether (sulfide) groups is 1. The topological polar surface area (TPSA) is 48.0 Å². The van der Waals surface area contributed by atoms with Gasteiger partial charge in [0.25, 0.3) is 5.91 Å². The Morgan fingerprint density at radius 1 is 0.943 bits per heavy atom. The summed E-state index contributed by atoms with van der Waals surface area (Å²) in [5.74, 6) is 1.77. The zero-order chi connectivity index (χ0) is 24.6. The molecule has 4 rings (SSSR count). The van der Waals surface area contributed by atoms with E-state index >= 15 is 0 Å². The Bertz CT molecular complexity index is 1230. The van der Waals surface area contributed by atoms with E-state index in [1.165, 1.54) is 11.8 Å². The summed E-state index contributed by atoms with van der Waals surface area (Å²) in [6.07, 6.45) is 2.51. The Labute approximate surface area is 219 Å². The number of halogens is 1. The van der Waals surface area contributed by atoms with Crippen LogP contribution in [0.4, 0.5) is 0 Å². The van der Waals surface area contributed by atoms with Crippen LogP contribution < -0.4 is 14.2 Å². The van der Waals surface area contributed by atoms with E-state index in [4.69, 9.17) is 38.0 Å². The lowest BCUT2D eigenvalue weighted by molar-refractivity contribution is -0.122. The van der Waals surface area contributed by atoms with Crippen LogP contribution in [0, 0.1) is 0 Å². The van der Waals surface area contributed by atoms with Crippen molar-refractivity contribution < 1.29 is 19.0 Å². The maximum Gasteiger partial charge on any atom is 0.266 e. The van der Waals surface area contributed by atoms with E-state index < -0.39 is 0 Å². The summed E-state index contributed by atoms with van der Waals surface area (Å²) in [7, 11) is 1.59. The van der Waals surface area contributed by atoms with Gasteiger partial charge >= 0.3 is 0 Å². The zero-order valence-electron chi connectivity index (χ0n) is 19.1. The van der Waals surface area contributed by atoms with Crippen LogP contribution >= 0.6 is 35.6 Å². The molecule has 0 aliphatic carbocycles. The molecule has 5 nitrogen and oxygen atoms in total. The molecular formula is C27H24ClNO4S2. The number of para-hydroxylation sites is 1. The van der Waals surface area contributed by atoms with Gasteiger partial charge in [-0.1, -0.05) is 84.1 Å². The number of carbonyl (C=O) groups is 1. The van der Waals surface area contributed by atoms with Crippen LogP contribution in [-0.2, 0) is 11.3 Å². The smallest absolute Gasteiger partial charge is 0.266 e. The molecule has 1 aliphatic heterocycles. The molecule has 0 N–H and O–H groups in total. The first-order valence-corrected chi connectivity index (χ1v) is 12.6. The van der Waals surface area contributed by atoms with Gasteiger partial charge in [-0.05, 0) is 41.5 Å². The van der Waals surface area contributed by atoms with E-state index in [2.05, 4.69) is 0 Å². The molecule has 0 radical (unpaired) electrons. The molecule has 1 fully saturated rings. The van der Waals surface area contributed by atoms with Crippen molar-refractivity contribution in [2.24, 2.45) is 0 Å². The lowest BCUT2D eigenvalue weighted by Gasteiger charge is -2.14. The van der Waals surface area contributed by atoms with Gasteiger partial charge in [-0.3, -0.25) is 9.69 Å². The number of ether oxygens (including phenoxy) is 3. The van der Waals surface area contributed by atoms with Gasteiger partial charge in [-0.25, -0.2) is 0 Å². The predicted molar refractivity (Wildman–Crippen MR) is 145 cm³/mol. The number of thiocarbonyl (C=S) groups is 1. The normalized spacial score (nSPS) is 14.5. The molecule has 0 bridgehead atoms. The fraction of sp³-hybridized carbons (Fsp3) is 0.185. The van der Waals surface area contributed by atoms with Gasteiger partial charge in [0.15, 0.2) is 11.5 Å². The van der Waals surface area contributed by atoms with E-state index in [-0.39, 0.29) is 5.91 Å². The molecule has 1 heterocycles. The van der Waals surface area contributed by atoms with Crippen molar-refractivity contribution in [3.05, 3.63) is 93.9 Å². The average molecular weight is 526 g/mol. The Balaban J connectivity index is 1.35. The molecule has 1 amide bonds. The Morgan fingerprint density at radius 3 is 2.40 bits per heavy atom. The highest BCUT2D eigenvalue weighted by Gasteiger charge is 2.32. The first-order valence-electron chi connectivity index (χ1n) is 11.0. The maximum atomic E-state index is 12.9. The van der Waals surface area contributed by atoms with E-state index in [0.29, 0.717) is 57.7 Å². The van der Waals surface area contributed by atoms with E-state index in [1.54, 1.807) is 18.1 Å². The third-order valence-corrected chi connectivity index (χ3v) is 6.87. The third-order valence-electron chi connectivity index (χ3n) is 5.18. The highest BCUT2D eigenvalue weighted by molar-refractivity contribution is 8.26. The number of hydrogen-bond acceptors (Lipinski definition) is 6. The third kappa shape index (κ3) is 6.57. The number of amides is 1. The average Bonchev–Trinajstić information content (AvgIpc) is 3.13. The minimum atomic E-state index is -0.0957.